The van der Waals surface area contributed by atoms with Crippen molar-refractivity contribution in [3.05, 3.63) is 41.2 Å². The number of fused-ring (bicyclic) bond motifs is 1. The summed E-state index contributed by atoms with van der Waals surface area (Å²) in [6.07, 6.45) is -0.225. The average molecular weight is 500 g/mol. The van der Waals surface area contributed by atoms with E-state index in [9.17, 15) is 22.8 Å². The largest absolute Gasteiger partial charge is 0.522 e. The molecule has 34 heavy (non-hydrogen) atoms. The molecular formula is C22H21ClF3N3O5. The van der Waals surface area contributed by atoms with Gasteiger partial charge in [-0.3, -0.25) is 19.0 Å². The second-order valence-electron chi connectivity index (χ2n) is 9.02. The van der Waals surface area contributed by atoms with E-state index in [4.69, 9.17) is 21.1 Å². The molecule has 6 rings (SSSR count). The molecule has 1 N–H and O–H groups in total. The molecule has 4 aliphatic rings. The molecule has 182 valence electrons. The van der Waals surface area contributed by atoms with E-state index in [1.54, 1.807) is 23.0 Å². The lowest BCUT2D eigenvalue weighted by Crippen LogP contribution is -2.79. The highest BCUT2D eigenvalue weighted by Crippen LogP contribution is 2.65. The van der Waals surface area contributed by atoms with Crippen LogP contribution in [0.4, 0.5) is 13.2 Å². The van der Waals surface area contributed by atoms with Crippen molar-refractivity contribution in [3.63, 3.8) is 0 Å². The maximum atomic E-state index is 12.8. The van der Waals surface area contributed by atoms with Crippen molar-refractivity contribution in [1.82, 2.24) is 15.1 Å². The van der Waals surface area contributed by atoms with Gasteiger partial charge in [0.2, 0.25) is 0 Å². The van der Waals surface area contributed by atoms with Gasteiger partial charge in [0.15, 0.2) is 17.6 Å². The van der Waals surface area contributed by atoms with Crippen LogP contribution in [-0.2, 0) is 15.1 Å². The summed E-state index contributed by atoms with van der Waals surface area (Å²) >= 11 is 5.93. The number of ketones is 1. The second-order valence-corrected chi connectivity index (χ2v) is 9.45. The summed E-state index contributed by atoms with van der Waals surface area (Å²) < 4.78 is 52.6. The normalized spacial score (nSPS) is 27.2. The van der Waals surface area contributed by atoms with Gasteiger partial charge in [-0.25, -0.2) is 0 Å². The number of halogens is 4. The Hall–Kier alpha value is -2.79. The van der Waals surface area contributed by atoms with E-state index >= 15 is 0 Å². The molecule has 0 spiro atoms. The van der Waals surface area contributed by atoms with Crippen molar-refractivity contribution in [2.24, 2.45) is 0 Å². The van der Waals surface area contributed by atoms with Gasteiger partial charge in [-0.15, -0.1) is 13.2 Å². The Labute approximate surface area is 197 Å². The number of hydrogen-bond acceptors (Lipinski definition) is 6. The number of alkyl halides is 3. The minimum atomic E-state index is -4.64. The molecule has 8 nitrogen and oxygen atoms in total. The van der Waals surface area contributed by atoms with Gasteiger partial charge < -0.3 is 14.8 Å². The van der Waals surface area contributed by atoms with E-state index < -0.39 is 19.1 Å². The predicted octanol–water partition coefficient (Wildman–Crippen LogP) is 3.62. The predicted molar refractivity (Wildman–Crippen MR) is 112 cm³/mol. The first kappa shape index (κ1) is 23.0. The Balaban J connectivity index is 1.10. The molecule has 3 fully saturated rings. The third-order valence-electron chi connectivity index (χ3n) is 6.43. The number of nitrogens with one attached hydrogen (secondary N) is 1. The Morgan fingerprint density at radius 2 is 2.06 bits per heavy atom. The molecule has 2 aromatic rings. The van der Waals surface area contributed by atoms with Crippen LogP contribution in [0.15, 0.2) is 30.6 Å². The van der Waals surface area contributed by atoms with Crippen LogP contribution >= 0.6 is 11.6 Å². The van der Waals surface area contributed by atoms with Crippen LogP contribution in [-0.4, -0.2) is 52.7 Å². The molecule has 2 bridgehead atoms. The fourth-order valence-electron chi connectivity index (χ4n) is 4.97. The van der Waals surface area contributed by atoms with Gasteiger partial charge in [0, 0.05) is 17.0 Å². The van der Waals surface area contributed by atoms with Crippen LogP contribution in [0.5, 0.6) is 11.5 Å². The fourth-order valence-corrected chi connectivity index (χ4v) is 5.14. The summed E-state index contributed by atoms with van der Waals surface area (Å²) in [5.41, 5.74) is -0.197. The zero-order valence-corrected chi connectivity index (χ0v) is 18.6. The molecule has 3 aliphatic carbocycles. The lowest BCUT2D eigenvalue weighted by molar-refractivity contribution is -0.324. The maximum absolute atomic E-state index is 12.8. The first-order valence-electron chi connectivity index (χ1n) is 10.8. The Morgan fingerprint density at radius 3 is 2.79 bits per heavy atom. The van der Waals surface area contributed by atoms with Gasteiger partial charge in [-0.2, -0.15) is 5.10 Å². The van der Waals surface area contributed by atoms with Crippen LogP contribution in [0.25, 0.3) is 0 Å². The summed E-state index contributed by atoms with van der Waals surface area (Å²) in [6.45, 7) is -0.399. The second kappa shape index (κ2) is 8.16. The van der Waals surface area contributed by atoms with Gasteiger partial charge >= 0.3 is 6.36 Å². The molecule has 0 saturated heterocycles. The summed E-state index contributed by atoms with van der Waals surface area (Å²) in [6, 6.07) is 4.74. The van der Waals surface area contributed by atoms with E-state index in [1.807, 2.05) is 0 Å². The molecule has 1 atom stereocenters. The van der Waals surface area contributed by atoms with Crippen LogP contribution in [0.3, 0.4) is 0 Å². The highest BCUT2D eigenvalue weighted by Gasteiger charge is 2.70. The Kier molecular flexibility index (Phi) is 5.51. The number of aromatic nitrogens is 2. The molecule has 1 aliphatic heterocycles. The van der Waals surface area contributed by atoms with Gasteiger partial charge in [-0.1, -0.05) is 11.6 Å². The first-order chi connectivity index (χ1) is 16.1. The quantitative estimate of drug-likeness (QED) is 0.558. The summed E-state index contributed by atoms with van der Waals surface area (Å²) in [5, 5.41) is 7.78. The third-order valence-corrected chi connectivity index (χ3v) is 6.67. The zero-order chi connectivity index (χ0) is 24.1. The molecule has 0 radical (unpaired) electrons. The summed E-state index contributed by atoms with van der Waals surface area (Å²) in [7, 11) is 0. The number of benzene rings is 1. The zero-order valence-electron chi connectivity index (χ0n) is 17.9. The molecule has 12 heteroatoms. The fraction of sp³-hybridized carbons (Fsp3) is 0.500. The SMILES string of the molecule is O=C1C[C@H](C(=O)NC23CC(n4cc(OCCCOC(F)(F)F)cn4)(C2)C3)Oc2ccc(Cl)cc21. The molecule has 1 amide bonds. The van der Waals surface area contributed by atoms with E-state index in [1.165, 1.54) is 12.3 Å². The van der Waals surface area contributed by atoms with Crippen molar-refractivity contribution >= 4 is 23.3 Å². The first-order valence-corrected chi connectivity index (χ1v) is 11.1. The van der Waals surface area contributed by atoms with Crippen LogP contribution < -0.4 is 14.8 Å². The number of carbonyl (C=O) groups is 2. The van der Waals surface area contributed by atoms with Gasteiger partial charge in [0.1, 0.15) is 5.75 Å². The lowest BCUT2D eigenvalue weighted by Gasteiger charge is -2.70. The minimum Gasteiger partial charge on any atom is -0.490 e. The molecule has 3 saturated carbocycles. The lowest BCUT2D eigenvalue weighted by atomic mass is 9.44. The Morgan fingerprint density at radius 1 is 1.29 bits per heavy atom. The van der Waals surface area contributed by atoms with E-state index in [0.29, 0.717) is 41.3 Å². The summed E-state index contributed by atoms with van der Waals surface area (Å²) in [4.78, 5) is 25.2. The number of rotatable bonds is 8. The Bertz CT molecular complexity index is 1120. The van der Waals surface area contributed by atoms with Crippen molar-refractivity contribution in [1.29, 1.82) is 0 Å². The number of ether oxygens (including phenoxy) is 3. The number of Topliss-reactive ketones (excluding diaryl/α,β-unsaturated/α-hetero) is 1. The smallest absolute Gasteiger partial charge is 0.490 e. The van der Waals surface area contributed by atoms with E-state index in [-0.39, 0.29) is 42.2 Å². The van der Waals surface area contributed by atoms with Gasteiger partial charge in [-0.05, 0) is 37.5 Å². The minimum absolute atomic E-state index is 0.0474. The monoisotopic (exact) mass is 499 g/mol. The average Bonchev–Trinajstić information content (AvgIpc) is 3.17. The van der Waals surface area contributed by atoms with Crippen LogP contribution in [0.2, 0.25) is 5.02 Å². The van der Waals surface area contributed by atoms with E-state index in [0.717, 1.165) is 0 Å². The number of hydrogen-bond donors (Lipinski definition) is 1. The molecule has 0 unspecified atom stereocenters. The van der Waals surface area contributed by atoms with Crippen molar-refractivity contribution in [2.45, 2.75) is 55.6 Å². The standard InChI is InChI=1S/C22H21ClF3N3O5/c23-13-2-3-17-15(6-13)16(30)7-18(34-17)19(31)28-20-10-21(11-20,12-20)29-9-14(8-27-29)32-4-1-5-33-22(24,25)26/h2-3,6,8-9,18H,1,4-5,7,10-12H2,(H,28,31)/t18-,20?,21?/m1/s1. The molecule has 1 aromatic heterocycles. The molecule has 2 heterocycles. The summed E-state index contributed by atoms with van der Waals surface area (Å²) in [5.74, 6) is 0.298. The highest BCUT2D eigenvalue weighted by molar-refractivity contribution is 6.31. The van der Waals surface area contributed by atoms with Crippen LogP contribution in [0, 0.1) is 0 Å². The highest BCUT2D eigenvalue weighted by atomic mass is 35.5. The number of nitrogens with zero attached hydrogens (tertiary/aromatic N) is 2. The third kappa shape index (κ3) is 4.34. The van der Waals surface area contributed by atoms with Crippen molar-refractivity contribution in [2.75, 3.05) is 13.2 Å². The molecular weight excluding hydrogens is 479 g/mol. The van der Waals surface area contributed by atoms with Crippen molar-refractivity contribution < 1.29 is 37.0 Å². The van der Waals surface area contributed by atoms with Crippen LogP contribution in [0.1, 0.15) is 42.5 Å². The van der Waals surface area contributed by atoms with Gasteiger partial charge in [0.05, 0.1) is 43.1 Å². The topological polar surface area (TPSA) is 91.7 Å². The van der Waals surface area contributed by atoms with Crippen molar-refractivity contribution in [3.8, 4) is 11.5 Å². The van der Waals surface area contributed by atoms with Gasteiger partial charge in [0.25, 0.3) is 5.91 Å². The molecule has 1 aromatic carbocycles. The number of amides is 1. The number of carbonyl (C=O) groups excluding carboxylic acids is 2. The maximum Gasteiger partial charge on any atom is 0.522 e. The van der Waals surface area contributed by atoms with E-state index in [2.05, 4.69) is 15.2 Å².